The van der Waals surface area contributed by atoms with E-state index in [1.165, 1.54) is 0 Å². The standard InChI is InChI=1S/C17H19ClF3N5S/c1-22-16(23-8-15-25-14(10-27-15)17(19,20)21)24-12-5-6-26(9-12)13-4-2-3-11(18)7-13/h2-4,7,10,12H,5-6,8-9H2,1H3,(H2,22,23,24). The van der Waals surface area contributed by atoms with Crippen molar-refractivity contribution in [1.29, 1.82) is 0 Å². The van der Waals surface area contributed by atoms with Crippen molar-refractivity contribution in [2.45, 2.75) is 25.2 Å². The SMILES string of the molecule is CN=C(NCc1nc(C(F)(F)F)cs1)NC1CCN(c2cccc(Cl)c2)C1. The number of hydrogen-bond donors (Lipinski definition) is 2. The number of thiazole rings is 1. The first kappa shape index (κ1) is 19.8. The summed E-state index contributed by atoms with van der Waals surface area (Å²) in [7, 11) is 1.63. The number of alkyl halides is 3. The first-order chi connectivity index (χ1) is 12.8. The third kappa shape index (κ3) is 5.26. The van der Waals surface area contributed by atoms with Crippen molar-refractivity contribution < 1.29 is 13.2 Å². The Labute approximate surface area is 164 Å². The monoisotopic (exact) mass is 417 g/mol. The van der Waals surface area contributed by atoms with Gasteiger partial charge in [0.1, 0.15) is 5.01 Å². The van der Waals surface area contributed by atoms with Gasteiger partial charge < -0.3 is 15.5 Å². The molecule has 2 heterocycles. The van der Waals surface area contributed by atoms with Crippen LogP contribution in [0.15, 0.2) is 34.6 Å². The Morgan fingerprint density at radius 2 is 2.26 bits per heavy atom. The van der Waals surface area contributed by atoms with E-state index in [0.29, 0.717) is 16.0 Å². The van der Waals surface area contributed by atoms with Crippen LogP contribution >= 0.6 is 22.9 Å². The Bertz CT molecular complexity index is 808. The highest BCUT2D eigenvalue weighted by Gasteiger charge is 2.33. The summed E-state index contributed by atoms with van der Waals surface area (Å²) in [4.78, 5) is 9.98. The average Bonchev–Trinajstić information content (AvgIpc) is 3.28. The van der Waals surface area contributed by atoms with E-state index in [-0.39, 0.29) is 12.6 Å². The highest BCUT2D eigenvalue weighted by Crippen LogP contribution is 2.30. The Morgan fingerprint density at radius 3 is 2.93 bits per heavy atom. The molecule has 5 nitrogen and oxygen atoms in total. The summed E-state index contributed by atoms with van der Waals surface area (Å²) in [5, 5.41) is 8.40. The fourth-order valence-corrected chi connectivity index (χ4v) is 3.78. The van der Waals surface area contributed by atoms with E-state index in [0.717, 1.165) is 41.9 Å². The molecule has 0 bridgehead atoms. The van der Waals surface area contributed by atoms with Gasteiger partial charge in [-0.15, -0.1) is 11.3 Å². The lowest BCUT2D eigenvalue weighted by atomic mass is 10.3. The first-order valence-corrected chi connectivity index (χ1v) is 9.60. The van der Waals surface area contributed by atoms with Gasteiger partial charge in [-0.1, -0.05) is 17.7 Å². The third-order valence-electron chi connectivity index (χ3n) is 4.18. The number of halogens is 4. The number of rotatable bonds is 4. The number of benzene rings is 1. The highest BCUT2D eigenvalue weighted by molar-refractivity contribution is 7.09. The average molecular weight is 418 g/mol. The Hall–Kier alpha value is -2.00. The lowest BCUT2D eigenvalue weighted by molar-refractivity contribution is -0.140. The van der Waals surface area contributed by atoms with Gasteiger partial charge in [-0.3, -0.25) is 4.99 Å². The summed E-state index contributed by atoms with van der Waals surface area (Å²) in [5.41, 5.74) is 0.206. The fraction of sp³-hybridized carbons (Fsp3) is 0.412. The van der Waals surface area contributed by atoms with Crippen LogP contribution in [-0.2, 0) is 12.7 Å². The van der Waals surface area contributed by atoms with Gasteiger partial charge in [-0.2, -0.15) is 13.2 Å². The number of nitrogens with one attached hydrogen (secondary N) is 2. The molecule has 0 spiro atoms. The normalized spacial score (nSPS) is 18.0. The van der Waals surface area contributed by atoms with Crippen molar-refractivity contribution >= 4 is 34.6 Å². The lowest BCUT2D eigenvalue weighted by Gasteiger charge is -2.20. The van der Waals surface area contributed by atoms with Crippen LogP contribution in [0.4, 0.5) is 18.9 Å². The molecule has 1 fully saturated rings. The number of guanidine groups is 1. The predicted octanol–water partition coefficient (Wildman–Crippen LogP) is 3.76. The van der Waals surface area contributed by atoms with Crippen LogP contribution in [0.2, 0.25) is 5.02 Å². The van der Waals surface area contributed by atoms with Gasteiger partial charge >= 0.3 is 6.18 Å². The number of aliphatic imine (C=N–C) groups is 1. The molecule has 1 aliphatic heterocycles. The molecular weight excluding hydrogens is 399 g/mol. The molecule has 3 rings (SSSR count). The van der Waals surface area contributed by atoms with E-state index in [9.17, 15) is 13.2 Å². The second-order valence-corrected chi connectivity index (χ2v) is 7.48. The maximum Gasteiger partial charge on any atom is 0.434 e. The molecular formula is C17H19ClF3N5S. The molecule has 10 heteroatoms. The number of aromatic nitrogens is 1. The third-order valence-corrected chi connectivity index (χ3v) is 5.26. The van der Waals surface area contributed by atoms with E-state index in [4.69, 9.17) is 11.6 Å². The molecule has 1 saturated heterocycles. The van der Waals surface area contributed by atoms with Gasteiger partial charge in [0.25, 0.3) is 0 Å². The zero-order valence-electron chi connectivity index (χ0n) is 14.6. The molecule has 2 N–H and O–H groups in total. The van der Waals surface area contributed by atoms with Gasteiger partial charge in [0.05, 0.1) is 6.54 Å². The molecule has 0 radical (unpaired) electrons. The highest BCUT2D eigenvalue weighted by atomic mass is 35.5. The minimum absolute atomic E-state index is 0.178. The van der Waals surface area contributed by atoms with Crippen LogP contribution in [0.1, 0.15) is 17.1 Å². The molecule has 1 aromatic heterocycles. The van der Waals surface area contributed by atoms with Gasteiger partial charge in [-0.25, -0.2) is 4.98 Å². The molecule has 1 unspecified atom stereocenters. The van der Waals surface area contributed by atoms with Crippen LogP contribution in [0, 0.1) is 0 Å². The summed E-state index contributed by atoms with van der Waals surface area (Å²) in [6.07, 6.45) is -3.50. The molecule has 2 aromatic rings. The van der Waals surface area contributed by atoms with Crippen molar-refractivity contribution in [2.75, 3.05) is 25.0 Å². The Balaban J connectivity index is 1.51. The maximum absolute atomic E-state index is 12.6. The lowest BCUT2D eigenvalue weighted by Crippen LogP contribution is -2.44. The molecule has 1 aliphatic rings. The molecule has 1 atom stereocenters. The predicted molar refractivity (Wildman–Crippen MR) is 103 cm³/mol. The van der Waals surface area contributed by atoms with Crippen LogP contribution in [0.25, 0.3) is 0 Å². The second-order valence-electron chi connectivity index (χ2n) is 6.11. The van der Waals surface area contributed by atoms with Crippen molar-refractivity contribution in [3.63, 3.8) is 0 Å². The van der Waals surface area contributed by atoms with Crippen LogP contribution in [0.3, 0.4) is 0 Å². The fourth-order valence-electron chi connectivity index (χ4n) is 2.86. The van der Waals surface area contributed by atoms with Crippen molar-refractivity contribution in [3.8, 4) is 0 Å². The molecule has 27 heavy (non-hydrogen) atoms. The van der Waals surface area contributed by atoms with Gasteiger partial charge in [-0.05, 0) is 24.6 Å². The minimum atomic E-state index is -4.41. The number of nitrogens with zero attached hydrogens (tertiary/aromatic N) is 3. The summed E-state index contributed by atoms with van der Waals surface area (Å²) in [5.74, 6) is 0.539. The summed E-state index contributed by atoms with van der Waals surface area (Å²) in [6.45, 7) is 1.86. The topological polar surface area (TPSA) is 52.6 Å². The largest absolute Gasteiger partial charge is 0.434 e. The summed E-state index contributed by atoms with van der Waals surface area (Å²) in [6, 6.07) is 7.88. The van der Waals surface area contributed by atoms with Gasteiger partial charge in [0.15, 0.2) is 11.7 Å². The quantitative estimate of drug-likeness (QED) is 0.587. The zero-order valence-corrected chi connectivity index (χ0v) is 16.1. The minimum Gasteiger partial charge on any atom is -0.369 e. The number of anilines is 1. The van der Waals surface area contributed by atoms with Crippen molar-refractivity contribution in [3.05, 3.63) is 45.4 Å². The van der Waals surface area contributed by atoms with E-state index in [1.807, 2.05) is 24.3 Å². The molecule has 0 aliphatic carbocycles. The molecule has 0 amide bonds. The molecule has 1 aromatic carbocycles. The summed E-state index contributed by atoms with van der Waals surface area (Å²) >= 11 is 7.02. The van der Waals surface area contributed by atoms with Crippen LogP contribution in [0.5, 0.6) is 0 Å². The second kappa shape index (κ2) is 8.35. The number of hydrogen-bond acceptors (Lipinski definition) is 4. The van der Waals surface area contributed by atoms with E-state index in [1.54, 1.807) is 7.05 Å². The summed E-state index contributed by atoms with van der Waals surface area (Å²) < 4.78 is 37.8. The van der Waals surface area contributed by atoms with E-state index in [2.05, 4.69) is 25.5 Å². The first-order valence-electron chi connectivity index (χ1n) is 8.34. The molecule has 146 valence electrons. The molecule has 0 saturated carbocycles. The Kier molecular flexibility index (Phi) is 6.11. The zero-order chi connectivity index (χ0) is 19.4. The van der Waals surface area contributed by atoms with Crippen molar-refractivity contribution in [2.24, 2.45) is 4.99 Å². The van der Waals surface area contributed by atoms with Crippen LogP contribution in [-0.4, -0.2) is 37.1 Å². The van der Waals surface area contributed by atoms with Crippen molar-refractivity contribution in [1.82, 2.24) is 15.6 Å². The smallest absolute Gasteiger partial charge is 0.369 e. The maximum atomic E-state index is 12.6. The van der Waals surface area contributed by atoms with Crippen LogP contribution < -0.4 is 15.5 Å². The Morgan fingerprint density at radius 1 is 1.44 bits per heavy atom. The van der Waals surface area contributed by atoms with E-state index < -0.39 is 11.9 Å². The van der Waals surface area contributed by atoms with Gasteiger partial charge in [0.2, 0.25) is 0 Å². The van der Waals surface area contributed by atoms with Gasteiger partial charge in [0, 0.05) is 42.3 Å². The van der Waals surface area contributed by atoms with E-state index >= 15 is 0 Å².